The molecule has 2 aromatic rings. The summed E-state index contributed by atoms with van der Waals surface area (Å²) in [5.41, 5.74) is 0.928. The van der Waals surface area contributed by atoms with E-state index in [1.54, 1.807) is 30.3 Å². The van der Waals surface area contributed by atoms with E-state index < -0.39 is 11.0 Å². The maximum atomic E-state index is 13.4. The number of amides is 2. The molecule has 2 aromatic carbocycles. The van der Waals surface area contributed by atoms with Gasteiger partial charge in [0.2, 0.25) is 11.8 Å². The van der Waals surface area contributed by atoms with E-state index in [1.165, 1.54) is 11.0 Å². The van der Waals surface area contributed by atoms with E-state index in [-0.39, 0.29) is 36.5 Å². The third kappa shape index (κ3) is 5.85. The van der Waals surface area contributed by atoms with E-state index in [2.05, 4.69) is 5.32 Å². The Hall–Kier alpha value is -2.93. The van der Waals surface area contributed by atoms with Gasteiger partial charge in [0.15, 0.2) is 0 Å². The molecular formula is C24H28ClN3O4. The van der Waals surface area contributed by atoms with Gasteiger partial charge in [0.1, 0.15) is 6.04 Å². The van der Waals surface area contributed by atoms with E-state index in [9.17, 15) is 19.7 Å². The van der Waals surface area contributed by atoms with Crippen LogP contribution in [0.25, 0.3) is 0 Å². The van der Waals surface area contributed by atoms with Gasteiger partial charge in [-0.1, -0.05) is 67.8 Å². The van der Waals surface area contributed by atoms with Gasteiger partial charge in [-0.2, -0.15) is 0 Å². The van der Waals surface area contributed by atoms with Crippen LogP contribution in [-0.4, -0.2) is 33.7 Å². The molecule has 1 aliphatic rings. The maximum Gasteiger partial charge on any atom is 0.273 e. The van der Waals surface area contributed by atoms with Gasteiger partial charge in [0, 0.05) is 29.2 Å². The molecule has 32 heavy (non-hydrogen) atoms. The van der Waals surface area contributed by atoms with Gasteiger partial charge >= 0.3 is 0 Å². The summed E-state index contributed by atoms with van der Waals surface area (Å²) in [6, 6.07) is 12.8. The van der Waals surface area contributed by atoms with E-state index in [1.807, 2.05) is 19.1 Å². The predicted molar refractivity (Wildman–Crippen MR) is 123 cm³/mol. The van der Waals surface area contributed by atoms with Crippen LogP contribution in [0.3, 0.4) is 0 Å². The number of para-hydroxylation sites is 1. The molecule has 7 nitrogen and oxygen atoms in total. The minimum Gasteiger partial charge on any atom is -0.352 e. The average molecular weight is 458 g/mol. The molecule has 0 saturated heterocycles. The van der Waals surface area contributed by atoms with Crippen molar-refractivity contribution >= 4 is 29.1 Å². The highest BCUT2D eigenvalue weighted by molar-refractivity contribution is 6.31. The first-order chi connectivity index (χ1) is 15.4. The van der Waals surface area contributed by atoms with Crippen LogP contribution in [0.1, 0.15) is 50.2 Å². The largest absolute Gasteiger partial charge is 0.352 e. The fourth-order valence-electron chi connectivity index (χ4n) is 4.20. The van der Waals surface area contributed by atoms with Crippen molar-refractivity contribution in [2.24, 2.45) is 0 Å². The van der Waals surface area contributed by atoms with Crippen LogP contribution in [-0.2, 0) is 22.6 Å². The maximum absolute atomic E-state index is 13.4. The van der Waals surface area contributed by atoms with Gasteiger partial charge in [-0.15, -0.1) is 0 Å². The SMILES string of the molecule is CCC(C(=O)NC1CCCC1)N(Cc1ccccc1Cl)C(=O)Cc1ccccc1[N+](=O)[O-]. The van der Waals surface area contributed by atoms with Gasteiger partial charge < -0.3 is 10.2 Å². The number of hydrogen-bond acceptors (Lipinski definition) is 4. The molecule has 1 unspecified atom stereocenters. The number of benzene rings is 2. The lowest BCUT2D eigenvalue weighted by molar-refractivity contribution is -0.385. The Labute approximate surface area is 192 Å². The molecule has 0 aromatic heterocycles. The Bertz CT molecular complexity index is 975. The van der Waals surface area contributed by atoms with Crippen LogP contribution in [0.5, 0.6) is 0 Å². The van der Waals surface area contributed by atoms with Crippen molar-refractivity contribution in [3.8, 4) is 0 Å². The highest BCUT2D eigenvalue weighted by Gasteiger charge is 2.31. The third-order valence-electron chi connectivity index (χ3n) is 5.92. The van der Waals surface area contributed by atoms with Crippen LogP contribution < -0.4 is 5.32 Å². The lowest BCUT2D eigenvalue weighted by atomic mass is 10.0. The second-order valence-electron chi connectivity index (χ2n) is 8.09. The van der Waals surface area contributed by atoms with Crippen LogP contribution in [0.15, 0.2) is 48.5 Å². The second kappa shape index (κ2) is 11.1. The Balaban J connectivity index is 1.88. The number of hydrogen-bond donors (Lipinski definition) is 1. The molecule has 0 bridgehead atoms. The number of nitrogens with one attached hydrogen (secondary N) is 1. The van der Waals surface area contributed by atoms with E-state index in [0.717, 1.165) is 31.2 Å². The average Bonchev–Trinajstić information content (AvgIpc) is 3.28. The number of nitro groups is 1. The zero-order valence-corrected chi connectivity index (χ0v) is 18.9. The first-order valence-electron chi connectivity index (χ1n) is 11.0. The highest BCUT2D eigenvalue weighted by Crippen LogP contribution is 2.24. The molecular weight excluding hydrogens is 430 g/mol. The number of nitro benzene ring substituents is 1. The summed E-state index contributed by atoms with van der Waals surface area (Å²) in [5.74, 6) is -0.546. The fourth-order valence-corrected chi connectivity index (χ4v) is 4.40. The van der Waals surface area contributed by atoms with Crippen LogP contribution in [0.2, 0.25) is 5.02 Å². The molecule has 0 radical (unpaired) electrons. The van der Waals surface area contributed by atoms with E-state index in [4.69, 9.17) is 11.6 Å². The molecule has 1 atom stereocenters. The summed E-state index contributed by atoms with van der Waals surface area (Å²) >= 11 is 6.34. The number of nitrogens with zero attached hydrogens (tertiary/aromatic N) is 2. The van der Waals surface area contributed by atoms with Gasteiger partial charge in [-0.05, 0) is 30.9 Å². The lowest BCUT2D eigenvalue weighted by Gasteiger charge is -2.32. The lowest BCUT2D eigenvalue weighted by Crippen LogP contribution is -2.51. The molecule has 2 amide bonds. The molecule has 8 heteroatoms. The number of carbonyl (C=O) groups excluding carboxylic acids is 2. The number of carbonyl (C=O) groups is 2. The normalized spacial score (nSPS) is 14.7. The first-order valence-corrected chi connectivity index (χ1v) is 11.3. The molecule has 0 spiro atoms. The van der Waals surface area contributed by atoms with Crippen LogP contribution in [0.4, 0.5) is 5.69 Å². The summed E-state index contributed by atoms with van der Waals surface area (Å²) < 4.78 is 0. The van der Waals surface area contributed by atoms with Crippen LogP contribution in [0, 0.1) is 10.1 Å². The summed E-state index contributed by atoms with van der Waals surface area (Å²) in [4.78, 5) is 39.0. The molecule has 1 N–H and O–H groups in total. The zero-order chi connectivity index (χ0) is 23.1. The molecule has 3 rings (SSSR count). The Morgan fingerprint density at radius 1 is 1.12 bits per heavy atom. The molecule has 170 valence electrons. The van der Waals surface area contributed by atoms with Crippen molar-refractivity contribution in [1.82, 2.24) is 10.2 Å². The smallest absolute Gasteiger partial charge is 0.273 e. The second-order valence-corrected chi connectivity index (χ2v) is 8.50. The van der Waals surface area contributed by atoms with Crippen molar-refractivity contribution in [2.45, 2.75) is 64.1 Å². The first kappa shape index (κ1) is 23.7. The highest BCUT2D eigenvalue weighted by atomic mass is 35.5. The summed E-state index contributed by atoms with van der Waals surface area (Å²) in [6.07, 6.45) is 4.30. The van der Waals surface area contributed by atoms with E-state index in [0.29, 0.717) is 17.0 Å². The third-order valence-corrected chi connectivity index (χ3v) is 6.28. The number of halogens is 1. The Kier molecular flexibility index (Phi) is 8.22. The Morgan fingerprint density at radius 2 is 1.75 bits per heavy atom. The van der Waals surface area contributed by atoms with Crippen molar-refractivity contribution in [1.29, 1.82) is 0 Å². The topological polar surface area (TPSA) is 92.6 Å². The minimum absolute atomic E-state index is 0.109. The predicted octanol–water partition coefficient (Wildman–Crippen LogP) is 4.66. The van der Waals surface area contributed by atoms with Crippen molar-refractivity contribution in [3.63, 3.8) is 0 Å². The summed E-state index contributed by atoms with van der Waals surface area (Å²) in [7, 11) is 0. The summed E-state index contributed by atoms with van der Waals surface area (Å²) in [5, 5.41) is 15.0. The van der Waals surface area contributed by atoms with Crippen LogP contribution >= 0.6 is 11.6 Å². The van der Waals surface area contributed by atoms with Gasteiger partial charge in [-0.3, -0.25) is 19.7 Å². The summed E-state index contributed by atoms with van der Waals surface area (Å²) in [6.45, 7) is 2.01. The van der Waals surface area contributed by atoms with Gasteiger partial charge in [0.05, 0.1) is 11.3 Å². The standard InChI is InChI=1S/C24H28ClN3O4/c1-2-21(24(30)26-19-11-5-6-12-19)27(16-18-10-3-7-13-20(18)25)23(29)15-17-9-4-8-14-22(17)28(31)32/h3-4,7-10,13-14,19,21H,2,5-6,11-12,15-16H2,1H3,(H,26,30). The minimum atomic E-state index is -0.692. The molecule has 1 saturated carbocycles. The molecule has 0 aliphatic heterocycles. The van der Waals surface area contributed by atoms with Gasteiger partial charge in [-0.25, -0.2) is 0 Å². The molecule has 1 aliphatic carbocycles. The van der Waals surface area contributed by atoms with Crippen molar-refractivity contribution in [2.75, 3.05) is 0 Å². The zero-order valence-electron chi connectivity index (χ0n) is 18.1. The van der Waals surface area contributed by atoms with Crippen molar-refractivity contribution in [3.05, 3.63) is 74.8 Å². The monoisotopic (exact) mass is 457 g/mol. The van der Waals surface area contributed by atoms with E-state index >= 15 is 0 Å². The van der Waals surface area contributed by atoms with Crippen molar-refractivity contribution < 1.29 is 14.5 Å². The molecule has 1 fully saturated rings. The number of rotatable bonds is 9. The quantitative estimate of drug-likeness (QED) is 0.438. The molecule has 0 heterocycles. The Morgan fingerprint density at radius 3 is 2.38 bits per heavy atom. The fraction of sp³-hybridized carbons (Fsp3) is 0.417. The van der Waals surface area contributed by atoms with Gasteiger partial charge in [0.25, 0.3) is 5.69 Å².